The number of allylic oxidation sites excluding steroid dienone is 5. The van der Waals surface area contributed by atoms with E-state index in [1.807, 2.05) is 48.6 Å². The van der Waals surface area contributed by atoms with Crippen molar-refractivity contribution in [2.45, 2.75) is 0 Å². The molecule has 0 heterocycles. The number of non-ortho nitro benzene ring substituents is 1. The van der Waals surface area contributed by atoms with Crippen molar-refractivity contribution in [3.05, 3.63) is 165 Å². The Morgan fingerprint density at radius 1 is 0.618 bits per heavy atom. The highest BCUT2D eigenvalue weighted by Gasteiger charge is 2.25. The minimum atomic E-state index is -0.398. The monoisotopic (exact) mass is 445 g/mol. The summed E-state index contributed by atoms with van der Waals surface area (Å²) in [6.07, 6.45) is 4.06. The van der Waals surface area contributed by atoms with Crippen molar-refractivity contribution >= 4 is 22.4 Å². The fourth-order valence-corrected chi connectivity index (χ4v) is 4.29. The molecule has 34 heavy (non-hydrogen) atoms. The number of nitro benzene ring substituents is 1. The largest absolute Gasteiger partial charge is 0.269 e. The van der Waals surface area contributed by atoms with E-state index in [0.29, 0.717) is 0 Å². The Bertz CT molecular complexity index is 1390. The second kappa shape index (κ2) is 9.12. The number of benzene rings is 4. The SMILES string of the molecule is O=[N+]([O-])c1ccc(C2=CC=C(c3ccc(F)cc3)C2=C(c2ccccc2)c2ccccc2)cc1. The summed E-state index contributed by atoms with van der Waals surface area (Å²) in [5.74, 6) is -0.289. The van der Waals surface area contributed by atoms with E-state index < -0.39 is 4.92 Å². The van der Waals surface area contributed by atoms with Crippen LogP contribution in [0.15, 0.2) is 127 Å². The van der Waals surface area contributed by atoms with E-state index in [9.17, 15) is 14.5 Å². The zero-order valence-corrected chi connectivity index (χ0v) is 18.2. The molecule has 0 amide bonds. The number of hydrogen-bond acceptors (Lipinski definition) is 2. The van der Waals surface area contributed by atoms with Gasteiger partial charge in [-0.1, -0.05) is 84.9 Å². The Morgan fingerprint density at radius 2 is 1.06 bits per heavy atom. The second-order valence-electron chi connectivity index (χ2n) is 7.95. The molecule has 0 spiro atoms. The first-order valence-corrected chi connectivity index (χ1v) is 10.9. The summed E-state index contributed by atoms with van der Waals surface area (Å²) in [5.41, 5.74) is 7.88. The Hall–Kier alpha value is -4.57. The van der Waals surface area contributed by atoms with Crippen molar-refractivity contribution in [3.63, 3.8) is 0 Å². The smallest absolute Gasteiger partial charge is 0.258 e. The molecule has 3 nitrogen and oxygen atoms in total. The molecule has 0 bridgehead atoms. The average Bonchev–Trinajstić information content (AvgIpc) is 3.30. The van der Waals surface area contributed by atoms with Crippen LogP contribution in [0.5, 0.6) is 0 Å². The van der Waals surface area contributed by atoms with E-state index >= 15 is 0 Å². The maximum atomic E-state index is 13.7. The van der Waals surface area contributed by atoms with Crippen molar-refractivity contribution in [2.24, 2.45) is 0 Å². The fourth-order valence-electron chi connectivity index (χ4n) is 4.29. The Morgan fingerprint density at radius 3 is 1.50 bits per heavy atom. The van der Waals surface area contributed by atoms with Gasteiger partial charge in [-0.3, -0.25) is 10.1 Å². The first-order valence-electron chi connectivity index (χ1n) is 10.9. The molecule has 164 valence electrons. The number of nitrogens with zero attached hydrogens (tertiary/aromatic N) is 1. The third-order valence-electron chi connectivity index (χ3n) is 5.87. The Kier molecular flexibility index (Phi) is 5.71. The van der Waals surface area contributed by atoms with Gasteiger partial charge in [0.05, 0.1) is 4.92 Å². The van der Waals surface area contributed by atoms with Crippen molar-refractivity contribution in [3.8, 4) is 0 Å². The molecule has 4 heteroatoms. The molecule has 0 unspecified atom stereocenters. The van der Waals surface area contributed by atoms with Crippen LogP contribution in [0.1, 0.15) is 22.3 Å². The van der Waals surface area contributed by atoms with E-state index in [4.69, 9.17) is 0 Å². The van der Waals surface area contributed by atoms with Crippen molar-refractivity contribution in [1.29, 1.82) is 0 Å². The lowest BCUT2D eigenvalue weighted by molar-refractivity contribution is -0.384. The van der Waals surface area contributed by atoms with Crippen molar-refractivity contribution in [2.75, 3.05) is 0 Å². The lowest BCUT2D eigenvalue weighted by atomic mass is 9.83. The normalized spacial score (nSPS) is 12.8. The van der Waals surface area contributed by atoms with E-state index in [1.165, 1.54) is 24.3 Å². The van der Waals surface area contributed by atoms with Gasteiger partial charge in [0.25, 0.3) is 5.69 Å². The summed E-state index contributed by atoms with van der Waals surface area (Å²) in [7, 11) is 0. The molecule has 0 N–H and O–H groups in total. The third kappa shape index (κ3) is 4.09. The van der Waals surface area contributed by atoms with Crippen molar-refractivity contribution in [1.82, 2.24) is 0 Å². The van der Waals surface area contributed by atoms with Gasteiger partial charge in [0.15, 0.2) is 0 Å². The van der Waals surface area contributed by atoms with Gasteiger partial charge in [-0.25, -0.2) is 4.39 Å². The lowest BCUT2D eigenvalue weighted by Crippen LogP contribution is -1.99. The summed E-state index contributed by atoms with van der Waals surface area (Å²) in [6, 6.07) is 33.3. The minimum absolute atomic E-state index is 0.0472. The number of hydrogen-bond donors (Lipinski definition) is 0. The molecule has 0 fully saturated rings. The van der Waals surface area contributed by atoms with Crippen LogP contribution in [0.4, 0.5) is 10.1 Å². The van der Waals surface area contributed by atoms with Crippen LogP contribution in [0.2, 0.25) is 0 Å². The maximum absolute atomic E-state index is 13.7. The van der Waals surface area contributed by atoms with Crippen LogP contribution in [0, 0.1) is 15.9 Å². The summed E-state index contributed by atoms with van der Waals surface area (Å²) in [5, 5.41) is 11.2. The number of nitro groups is 1. The Balaban J connectivity index is 1.77. The topological polar surface area (TPSA) is 43.1 Å². The van der Waals surface area contributed by atoms with E-state index in [1.54, 1.807) is 24.3 Å². The van der Waals surface area contributed by atoms with Crippen LogP contribution >= 0.6 is 0 Å². The molecule has 4 aromatic carbocycles. The van der Waals surface area contributed by atoms with E-state index in [0.717, 1.165) is 44.5 Å². The molecule has 5 rings (SSSR count). The zero-order valence-electron chi connectivity index (χ0n) is 18.2. The van der Waals surface area contributed by atoms with Crippen molar-refractivity contribution < 1.29 is 9.31 Å². The highest BCUT2D eigenvalue weighted by molar-refractivity contribution is 6.12. The summed E-state index contributed by atoms with van der Waals surface area (Å²) in [6.45, 7) is 0. The number of rotatable bonds is 5. The summed E-state index contributed by atoms with van der Waals surface area (Å²) < 4.78 is 13.7. The average molecular weight is 445 g/mol. The fraction of sp³-hybridized carbons (Fsp3) is 0. The molecule has 0 aromatic heterocycles. The van der Waals surface area contributed by atoms with Crippen LogP contribution in [-0.2, 0) is 0 Å². The predicted octanol–water partition coefficient (Wildman–Crippen LogP) is 7.72. The molecule has 4 aromatic rings. The van der Waals surface area contributed by atoms with Crippen LogP contribution in [-0.4, -0.2) is 4.92 Å². The molecule has 0 radical (unpaired) electrons. The van der Waals surface area contributed by atoms with Gasteiger partial charge >= 0.3 is 0 Å². The van der Waals surface area contributed by atoms with Gasteiger partial charge in [-0.2, -0.15) is 0 Å². The van der Waals surface area contributed by atoms with Crippen LogP contribution in [0.3, 0.4) is 0 Å². The first-order chi connectivity index (χ1) is 16.6. The Labute approximate surface area is 197 Å². The molecule has 1 aliphatic rings. The zero-order chi connectivity index (χ0) is 23.5. The summed E-state index contributed by atoms with van der Waals surface area (Å²) in [4.78, 5) is 10.8. The maximum Gasteiger partial charge on any atom is 0.269 e. The van der Waals surface area contributed by atoms with Gasteiger partial charge in [-0.05, 0) is 68.8 Å². The van der Waals surface area contributed by atoms with E-state index in [2.05, 4.69) is 24.3 Å². The molecule has 0 saturated heterocycles. The predicted molar refractivity (Wildman–Crippen MR) is 134 cm³/mol. The molecular weight excluding hydrogens is 425 g/mol. The third-order valence-corrected chi connectivity index (χ3v) is 5.87. The lowest BCUT2D eigenvalue weighted by Gasteiger charge is -2.19. The van der Waals surface area contributed by atoms with Gasteiger partial charge in [0.2, 0.25) is 0 Å². The molecule has 0 atom stereocenters. The number of halogens is 1. The van der Waals surface area contributed by atoms with Gasteiger partial charge in [-0.15, -0.1) is 0 Å². The quantitative estimate of drug-likeness (QED) is 0.233. The van der Waals surface area contributed by atoms with Gasteiger partial charge in [0, 0.05) is 12.1 Å². The standard InChI is InChI=1S/C30H20FNO2/c31-25-15-11-21(12-16-25)27-19-20-28(22-13-17-26(18-14-22)32(33)34)30(27)29(23-7-3-1-4-8-23)24-9-5-2-6-10-24/h1-20H. The highest BCUT2D eigenvalue weighted by Crippen LogP contribution is 2.45. The summed E-state index contributed by atoms with van der Waals surface area (Å²) >= 11 is 0. The van der Waals surface area contributed by atoms with Gasteiger partial charge < -0.3 is 0 Å². The molecular formula is C30H20FNO2. The van der Waals surface area contributed by atoms with Crippen LogP contribution in [0.25, 0.3) is 16.7 Å². The second-order valence-corrected chi connectivity index (χ2v) is 7.95. The first kappa shape index (κ1) is 21.3. The van der Waals surface area contributed by atoms with Gasteiger partial charge in [0.1, 0.15) is 5.82 Å². The van der Waals surface area contributed by atoms with Crippen LogP contribution < -0.4 is 0 Å². The minimum Gasteiger partial charge on any atom is -0.258 e. The van der Waals surface area contributed by atoms with E-state index in [-0.39, 0.29) is 11.5 Å². The molecule has 0 aliphatic heterocycles. The molecule has 0 saturated carbocycles. The highest BCUT2D eigenvalue weighted by atomic mass is 19.1. The molecule has 1 aliphatic carbocycles.